The second-order valence-corrected chi connectivity index (χ2v) is 7.24. The zero-order chi connectivity index (χ0) is 18.6. The van der Waals surface area contributed by atoms with Gasteiger partial charge in [0.15, 0.2) is 5.82 Å². The first-order valence-electron chi connectivity index (χ1n) is 9.48. The number of nitrogens with two attached hydrogens (primary N) is 1. The van der Waals surface area contributed by atoms with Crippen LogP contribution >= 0.6 is 0 Å². The molecule has 0 radical (unpaired) electrons. The van der Waals surface area contributed by atoms with E-state index in [-0.39, 0.29) is 5.82 Å². The van der Waals surface area contributed by atoms with Gasteiger partial charge in [-0.25, -0.2) is 4.98 Å². The first-order valence-corrected chi connectivity index (χ1v) is 9.48. The van der Waals surface area contributed by atoms with E-state index in [1.165, 1.54) is 18.4 Å². The number of para-hydroxylation sites is 1. The van der Waals surface area contributed by atoms with E-state index in [9.17, 15) is 4.79 Å². The molecule has 0 saturated carbocycles. The summed E-state index contributed by atoms with van der Waals surface area (Å²) in [5.74, 6) is 0.304. The van der Waals surface area contributed by atoms with Gasteiger partial charge in [0.05, 0.1) is 11.2 Å². The highest BCUT2D eigenvalue weighted by molar-refractivity contribution is 5.96. The van der Waals surface area contributed by atoms with Crippen LogP contribution < -0.4 is 11.1 Å². The average molecular weight is 363 g/mol. The standard InChI is InChI=1S/C21H25N5O/c22-20(27)21-24-18-8-4-7-17(19(18)25-21)23-13-15-9-11-26(12-10-15)14-16-5-2-1-3-6-16/h1-8,15,23H,9-14H2,(H2,22,27)(H,24,25). The molecule has 27 heavy (non-hydrogen) atoms. The number of carbonyl (C=O) groups excluding carboxylic acids is 1. The molecule has 6 heteroatoms. The fraction of sp³-hybridized carbons (Fsp3) is 0.333. The van der Waals surface area contributed by atoms with E-state index in [0.717, 1.165) is 42.9 Å². The number of benzene rings is 2. The maximum absolute atomic E-state index is 11.4. The SMILES string of the molecule is NC(=O)c1nc2c(NCC3CCN(Cc4ccccc4)CC3)cccc2[nH]1. The summed E-state index contributed by atoms with van der Waals surface area (Å²) < 4.78 is 0. The summed E-state index contributed by atoms with van der Waals surface area (Å²) in [4.78, 5) is 21.2. The number of hydrogen-bond donors (Lipinski definition) is 3. The molecule has 3 aromatic rings. The van der Waals surface area contributed by atoms with Gasteiger partial charge in [-0.05, 0) is 49.5 Å². The topological polar surface area (TPSA) is 87.0 Å². The van der Waals surface area contributed by atoms with Crippen LogP contribution in [-0.2, 0) is 6.54 Å². The second-order valence-electron chi connectivity index (χ2n) is 7.24. The lowest BCUT2D eigenvalue weighted by atomic mass is 9.96. The van der Waals surface area contributed by atoms with Crippen molar-refractivity contribution in [3.63, 3.8) is 0 Å². The minimum absolute atomic E-state index is 0.202. The highest BCUT2D eigenvalue weighted by atomic mass is 16.1. The maximum Gasteiger partial charge on any atom is 0.284 e. The molecule has 1 saturated heterocycles. The van der Waals surface area contributed by atoms with Crippen molar-refractivity contribution < 1.29 is 4.79 Å². The summed E-state index contributed by atoms with van der Waals surface area (Å²) in [5.41, 5.74) is 9.25. The van der Waals surface area contributed by atoms with Crippen molar-refractivity contribution in [2.45, 2.75) is 19.4 Å². The third kappa shape index (κ3) is 4.11. The number of amides is 1. The lowest BCUT2D eigenvalue weighted by Crippen LogP contribution is -2.35. The number of aromatic nitrogens is 2. The molecule has 2 aromatic carbocycles. The number of likely N-dealkylation sites (tertiary alicyclic amines) is 1. The number of piperidine rings is 1. The van der Waals surface area contributed by atoms with Crippen molar-refractivity contribution in [2.75, 3.05) is 25.0 Å². The van der Waals surface area contributed by atoms with Gasteiger partial charge in [-0.2, -0.15) is 0 Å². The summed E-state index contributed by atoms with van der Waals surface area (Å²) >= 11 is 0. The molecule has 0 bridgehead atoms. The highest BCUT2D eigenvalue weighted by Crippen LogP contribution is 2.24. The van der Waals surface area contributed by atoms with Gasteiger partial charge in [0, 0.05) is 13.1 Å². The Morgan fingerprint density at radius 1 is 1.15 bits per heavy atom. The predicted octanol–water partition coefficient (Wildman–Crippen LogP) is 2.99. The number of nitrogens with zero attached hydrogens (tertiary/aromatic N) is 2. The minimum atomic E-state index is -0.539. The van der Waals surface area contributed by atoms with Crippen LogP contribution in [0.4, 0.5) is 5.69 Å². The Morgan fingerprint density at radius 3 is 2.67 bits per heavy atom. The van der Waals surface area contributed by atoms with Crippen molar-refractivity contribution in [2.24, 2.45) is 11.7 Å². The second kappa shape index (κ2) is 7.80. The third-order valence-corrected chi connectivity index (χ3v) is 5.28. The summed E-state index contributed by atoms with van der Waals surface area (Å²) in [6.07, 6.45) is 2.37. The van der Waals surface area contributed by atoms with Crippen molar-refractivity contribution in [3.8, 4) is 0 Å². The quantitative estimate of drug-likeness (QED) is 0.628. The molecule has 1 aromatic heterocycles. The number of hydrogen-bond acceptors (Lipinski definition) is 4. The van der Waals surface area contributed by atoms with E-state index in [2.05, 4.69) is 50.5 Å². The third-order valence-electron chi connectivity index (χ3n) is 5.28. The Balaban J connectivity index is 1.32. The van der Waals surface area contributed by atoms with Gasteiger partial charge in [-0.15, -0.1) is 0 Å². The van der Waals surface area contributed by atoms with Gasteiger partial charge in [0.1, 0.15) is 5.52 Å². The molecule has 140 valence electrons. The Bertz CT molecular complexity index is 913. The number of carbonyl (C=O) groups is 1. The molecule has 0 unspecified atom stereocenters. The first kappa shape index (κ1) is 17.5. The van der Waals surface area contributed by atoms with Gasteiger partial charge in [-0.1, -0.05) is 36.4 Å². The monoisotopic (exact) mass is 363 g/mol. The Hall–Kier alpha value is -2.86. The number of nitrogens with one attached hydrogen (secondary N) is 2. The van der Waals surface area contributed by atoms with E-state index in [4.69, 9.17) is 5.73 Å². The fourth-order valence-corrected chi connectivity index (χ4v) is 3.74. The maximum atomic E-state index is 11.4. The molecule has 0 spiro atoms. The lowest BCUT2D eigenvalue weighted by Gasteiger charge is -2.32. The Morgan fingerprint density at radius 2 is 1.93 bits per heavy atom. The molecular formula is C21H25N5O. The summed E-state index contributed by atoms with van der Waals surface area (Å²) in [5, 5.41) is 3.52. The van der Waals surface area contributed by atoms with Crippen molar-refractivity contribution in [1.29, 1.82) is 0 Å². The van der Waals surface area contributed by atoms with Crippen LogP contribution in [0.3, 0.4) is 0 Å². The van der Waals surface area contributed by atoms with Crippen LogP contribution in [-0.4, -0.2) is 40.4 Å². The summed E-state index contributed by atoms with van der Waals surface area (Å²) in [6.45, 7) is 4.19. The number of aromatic amines is 1. The molecule has 1 fully saturated rings. The van der Waals surface area contributed by atoms with Gasteiger partial charge in [-0.3, -0.25) is 9.69 Å². The van der Waals surface area contributed by atoms with Crippen LogP contribution in [0.25, 0.3) is 11.0 Å². The molecule has 2 heterocycles. The van der Waals surface area contributed by atoms with E-state index in [1.54, 1.807) is 0 Å². The number of imidazole rings is 1. The van der Waals surface area contributed by atoms with E-state index in [1.807, 2.05) is 18.2 Å². The molecule has 6 nitrogen and oxygen atoms in total. The highest BCUT2D eigenvalue weighted by Gasteiger charge is 2.19. The van der Waals surface area contributed by atoms with Crippen molar-refractivity contribution in [3.05, 3.63) is 59.9 Å². The van der Waals surface area contributed by atoms with E-state index in [0.29, 0.717) is 5.92 Å². The largest absolute Gasteiger partial charge is 0.383 e. The van der Waals surface area contributed by atoms with Crippen LogP contribution in [0.5, 0.6) is 0 Å². The lowest BCUT2D eigenvalue weighted by molar-refractivity contribution is 0.0991. The fourth-order valence-electron chi connectivity index (χ4n) is 3.74. The number of primary amides is 1. The Kier molecular flexibility index (Phi) is 5.07. The van der Waals surface area contributed by atoms with Crippen LogP contribution in [0, 0.1) is 5.92 Å². The van der Waals surface area contributed by atoms with Crippen LogP contribution in [0.2, 0.25) is 0 Å². The zero-order valence-electron chi connectivity index (χ0n) is 15.3. The molecule has 0 aliphatic carbocycles. The van der Waals surface area contributed by atoms with E-state index >= 15 is 0 Å². The smallest absolute Gasteiger partial charge is 0.284 e. The van der Waals surface area contributed by atoms with Gasteiger partial charge in [0.2, 0.25) is 0 Å². The predicted molar refractivity (Wildman–Crippen MR) is 108 cm³/mol. The summed E-state index contributed by atoms with van der Waals surface area (Å²) in [7, 11) is 0. The average Bonchev–Trinajstić information content (AvgIpc) is 3.14. The number of fused-ring (bicyclic) bond motifs is 1. The molecular weight excluding hydrogens is 338 g/mol. The van der Waals surface area contributed by atoms with Gasteiger partial charge < -0.3 is 16.0 Å². The molecule has 0 atom stereocenters. The molecule has 4 rings (SSSR count). The molecule has 1 aliphatic rings. The Labute approximate surface area is 158 Å². The molecule has 4 N–H and O–H groups in total. The number of rotatable bonds is 6. The van der Waals surface area contributed by atoms with Crippen molar-refractivity contribution >= 4 is 22.6 Å². The minimum Gasteiger partial charge on any atom is -0.383 e. The number of anilines is 1. The molecule has 1 aliphatic heterocycles. The summed E-state index contributed by atoms with van der Waals surface area (Å²) in [6, 6.07) is 16.5. The van der Waals surface area contributed by atoms with E-state index < -0.39 is 5.91 Å². The van der Waals surface area contributed by atoms with Crippen LogP contribution in [0.1, 0.15) is 29.0 Å². The van der Waals surface area contributed by atoms with Gasteiger partial charge >= 0.3 is 0 Å². The normalized spacial score (nSPS) is 15.9. The zero-order valence-corrected chi connectivity index (χ0v) is 15.3. The number of H-pyrrole nitrogens is 1. The van der Waals surface area contributed by atoms with Gasteiger partial charge in [0.25, 0.3) is 5.91 Å². The van der Waals surface area contributed by atoms with Crippen molar-refractivity contribution in [1.82, 2.24) is 14.9 Å². The molecule has 1 amide bonds. The van der Waals surface area contributed by atoms with Crippen LogP contribution in [0.15, 0.2) is 48.5 Å². The first-order chi connectivity index (χ1) is 13.2.